The third kappa shape index (κ3) is 4.65. The summed E-state index contributed by atoms with van der Waals surface area (Å²) in [5.41, 5.74) is -1.77. The highest BCUT2D eigenvalue weighted by Gasteiger charge is 2.23. The Hall–Kier alpha value is -3.66. The summed E-state index contributed by atoms with van der Waals surface area (Å²) in [5, 5.41) is 6.55. The first kappa shape index (κ1) is 21.6. The van der Waals surface area contributed by atoms with Gasteiger partial charge in [0, 0.05) is 13.2 Å². The molecule has 1 aliphatic heterocycles. The van der Waals surface area contributed by atoms with E-state index in [2.05, 4.69) is 10.4 Å². The molecule has 10 heteroatoms. The Labute approximate surface area is 181 Å². The molecule has 1 fully saturated rings. The molecule has 1 unspecified atom stereocenters. The number of hydrogen-bond acceptors (Lipinski definition) is 5. The number of nitrogens with one attached hydrogen (secondary N) is 1. The summed E-state index contributed by atoms with van der Waals surface area (Å²) in [6.07, 6.45) is 1.51. The average Bonchev–Trinajstić information content (AvgIpc) is 3.30. The number of halogens is 2. The molecule has 0 radical (unpaired) electrons. The lowest BCUT2D eigenvalue weighted by Crippen LogP contribution is -2.46. The molecule has 1 aromatic heterocycles. The summed E-state index contributed by atoms with van der Waals surface area (Å²) >= 11 is 0. The molecule has 32 heavy (non-hydrogen) atoms. The lowest BCUT2D eigenvalue weighted by atomic mass is 10.2. The highest BCUT2D eigenvalue weighted by atomic mass is 19.1. The van der Waals surface area contributed by atoms with Gasteiger partial charge in [0.15, 0.2) is 0 Å². The fraction of sp³-hybridized carbons (Fsp3) is 0.273. The van der Waals surface area contributed by atoms with Gasteiger partial charge in [0.2, 0.25) is 5.69 Å². The fourth-order valence-electron chi connectivity index (χ4n) is 3.44. The second-order valence-electron chi connectivity index (χ2n) is 7.39. The summed E-state index contributed by atoms with van der Waals surface area (Å²) in [7, 11) is 0. The number of rotatable bonds is 6. The first-order valence-electron chi connectivity index (χ1n) is 10.1. The van der Waals surface area contributed by atoms with Crippen molar-refractivity contribution in [3.63, 3.8) is 0 Å². The van der Waals surface area contributed by atoms with E-state index in [0.717, 1.165) is 28.2 Å². The molecule has 0 saturated carbocycles. The van der Waals surface area contributed by atoms with Crippen molar-refractivity contribution in [3.05, 3.63) is 92.3 Å². The van der Waals surface area contributed by atoms with Gasteiger partial charge in [-0.15, -0.1) is 0 Å². The number of carbonyl (C=O) groups excluding carboxylic acids is 1. The van der Waals surface area contributed by atoms with E-state index in [0.29, 0.717) is 12.2 Å². The maximum atomic E-state index is 13.8. The van der Waals surface area contributed by atoms with Gasteiger partial charge in [-0.25, -0.2) is 13.6 Å². The van der Waals surface area contributed by atoms with Crippen LogP contribution < -0.4 is 16.6 Å². The minimum Gasteiger partial charge on any atom is -0.376 e. The second kappa shape index (κ2) is 9.23. The van der Waals surface area contributed by atoms with Crippen molar-refractivity contribution in [1.29, 1.82) is 0 Å². The largest absolute Gasteiger partial charge is 0.376 e. The van der Waals surface area contributed by atoms with Gasteiger partial charge in [0.1, 0.15) is 11.6 Å². The van der Waals surface area contributed by atoms with E-state index < -0.39 is 34.5 Å². The topological polar surface area (TPSA) is 95.2 Å². The highest BCUT2D eigenvalue weighted by molar-refractivity contribution is 5.91. The SMILES string of the molecule is O=C(NCC1CCCO1)c1nn(-c2cccc(F)c2)c(=O)n(Cc2ccc(F)cc2)c1=O. The van der Waals surface area contributed by atoms with Crippen LogP contribution in [0.2, 0.25) is 0 Å². The number of benzene rings is 2. The van der Waals surface area contributed by atoms with Crippen LogP contribution in [0.25, 0.3) is 5.69 Å². The van der Waals surface area contributed by atoms with Crippen LogP contribution in [0.1, 0.15) is 28.9 Å². The summed E-state index contributed by atoms with van der Waals surface area (Å²) in [4.78, 5) is 38.8. The van der Waals surface area contributed by atoms with E-state index in [4.69, 9.17) is 4.74 Å². The average molecular weight is 442 g/mol. The van der Waals surface area contributed by atoms with Crippen LogP contribution in [0.3, 0.4) is 0 Å². The van der Waals surface area contributed by atoms with Crippen LogP contribution in [0, 0.1) is 11.6 Å². The minimum absolute atomic E-state index is 0.0519. The number of hydrogen-bond donors (Lipinski definition) is 1. The van der Waals surface area contributed by atoms with Crippen molar-refractivity contribution < 1.29 is 18.3 Å². The Morgan fingerprint density at radius 3 is 2.59 bits per heavy atom. The summed E-state index contributed by atoms with van der Waals surface area (Å²) in [6.45, 7) is 0.576. The van der Waals surface area contributed by atoms with Crippen LogP contribution in [0.4, 0.5) is 8.78 Å². The van der Waals surface area contributed by atoms with E-state index in [1.54, 1.807) is 0 Å². The van der Waals surface area contributed by atoms with Crippen molar-refractivity contribution >= 4 is 5.91 Å². The molecule has 1 atom stereocenters. The normalized spacial score (nSPS) is 15.6. The van der Waals surface area contributed by atoms with Crippen LogP contribution in [-0.4, -0.2) is 39.5 Å². The smallest absolute Gasteiger partial charge is 0.352 e. The summed E-state index contributed by atoms with van der Waals surface area (Å²) in [5.74, 6) is -1.86. The van der Waals surface area contributed by atoms with Gasteiger partial charge >= 0.3 is 5.69 Å². The molecule has 4 rings (SSSR count). The Balaban J connectivity index is 1.76. The van der Waals surface area contributed by atoms with Crippen LogP contribution in [0.5, 0.6) is 0 Å². The van der Waals surface area contributed by atoms with Crippen LogP contribution in [0.15, 0.2) is 58.1 Å². The lowest BCUT2D eigenvalue weighted by molar-refractivity contribution is 0.0849. The zero-order valence-corrected chi connectivity index (χ0v) is 17.0. The molecule has 3 aromatic rings. The molecule has 1 aliphatic rings. The third-order valence-corrected chi connectivity index (χ3v) is 5.10. The number of carbonyl (C=O) groups is 1. The van der Waals surface area contributed by atoms with E-state index in [-0.39, 0.29) is 24.9 Å². The molecule has 0 aliphatic carbocycles. The minimum atomic E-state index is -0.906. The number of aromatic nitrogens is 3. The Bertz CT molecular complexity index is 1250. The predicted molar refractivity (Wildman–Crippen MR) is 111 cm³/mol. The molecule has 8 nitrogen and oxygen atoms in total. The monoisotopic (exact) mass is 442 g/mol. The molecule has 2 heterocycles. The quantitative estimate of drug-likeness (QED) is 0.626. The van der Waals surface area contributed by atoms with Crippen molar-refractivity contribution in [2.24, 2.45) is 0 Å². The number of ether oxygens (including phenoxy) is 1. The second-order valence-corrected chi connectivity index (χ2v) is 7.39. The molecule has 1 amide bonds. The molecule has 0 spiro atoms. The van der Waals surface area contributed by atoms with Gasteiger partial charge in [-0.3, -0.25) is 14.2 Å². The van der Waals surface area contributed by atoms with Crippen molar-refractivity contribution in [2.45, 2.75) is 25.5 Å². The van der Waals surface area contributed by atoms with E-state index in [1.165, 1.54) is 42.5 Å². The van der Waals surface area contributed by atoms with Gasteiger partial charge in [0.25, 0.3) is 11.5 Å². The lowest BCUT2D eigenvalue weighted by Gasteiger charge is -2.14. The molecule has 1 saturated heterocycles. The predicted octanol–water partition coefficient (Wildman–Crippen LogP) is 1.63. The molecular formula is C22H20F2N4O4. The fourth-order valence-corrected chi connectivity index (χ4v) is 3.44. The van der Waals surface area contributed by atoms with E-state index >= 15 is 0 Å². The van der Waals surface area contributed by atoms with E-state index in [1.807, 2.05) is 0 Å². The van der Waals surface area contributed by atoms with Gasteiger partial charge in [-0.1, -0.05) is 18.2 Å². The van der Waals surface area contributed by atoms with Crippen molar-refractivity contribution in [1.82, 2.24) is 19.7 Å². The number of amides is 1. The van der Waals surface area contributed by atoms with Gasteiger partial charge < -0.3 is 10.1 Å². The molecule has 1 N–H and O–H groups in total. The van der Waals surface area contributed by atoms with Crippen LogP contribution in [-0.2, 0) is 11.3 Å². The first-order valence-corrected chi connectivity index (χ1v) is 10.1. The zero-order valence-electron chi connectivity index (χ0n) is 17.0. The molecule has 0 bridgehead atoms. The zero-order chi connectivity index (χ0) is 22.7. The highest BCUT2D eigenvalue weighted by Crippen LogP contribution is 2.11. The van der Waals surface area contributed by atoms with Gasteiger partial charge in [0.05, 0.1) is 18.3 Å². The Morgan fingerprint density at radius 1 is 1.12 bits per heavy atom. The Kier molecular flexibility index (Phi) is 6.22. The maximum Gasteiger partial charge on any atom is 0.352 e. The molecule has 2 aromatic carbocycles. The first-order chi connectivity index (χ1) is 15.4. The van der Waals surface area contributed by atoms with Gasteiger partial charge in [-0.2, -0.15) is 9.78 Å². The molecule has 166 valence electrons. The number of nitrogens with zero attached hydrogens (tertiary/aromatic N) is 3. The van der Waals surface area contributed by atoms with Crippen LogP contribution >= 0.6 is 0 Å². The summed E-state index contributed by atoms with van der Waals surface area (Å²) < 4.78 is 34.1. The summed E-state index contributed by atoms with van der Waals surface area (Å²) in [6, 6.07) is 10.3. The van der Waals surface area contributed by atoms with E-state index in [9.17, 15) is 23.2 Å². The Morgan fingerprint density at radius 2 is 1.91 bits per heavy atom. The van der Waals surface area contributed by atoms with Crippen molar-refractivity contribution in [2.75, 3.05) is 13.2 Å². The maximum absolute atomic E-state index is 13.8. The van der Waals surface area contributed by atoms with Crippen molar-refractivity contribution in [3.8, 4) is 5.69 Å². The van der Waals surface area contributed by atoms with Gasteiger partial charge in [-0.05, 0) is 48.7 Å². The molecular weight excluding hydrogens is 422 g/mol. The standard InChI is InChI=1S/C22H20F2N4O4/c23-15-8-6-14(7-9-15)13-27-21(30)19(20(29)25-12-18-5-2-10-32-18)26-28(22(27)31)17-4-1-3-16(24)11-17/h1,3-4,6-9,11,18H,2,5,10,12-13H2,(H,25,29). The third-order valence-electron chi connectivity index (χ3n) is 5.10.